The molecule has 0 radical (unpaired) electrons. The van der Waals surface area contributed by atoms with Crippen LogP contribution in [0.25, 0.3) is 0 Å². The number of aliphatic hydroxyl groups excluding tert-OH is 1. The lowest BCUT2D eigenvalue weighted by molar-refractivity contribution is -0.138. The summed E-state index contributed by atoms with van der Waals surface area (Å²) < 4.78 is 0. The van der Waals surface area contributed by atoms with E-state index in [1.807, 2.05) is 0 Å². The summed E-state index contributed by atoms with van der Waals surface area (Å²) in [7, 11) is 0. The highest BCUT2D eigenvalue weighted by Crippen LogP contribution is 2.06. The summed E-state index contributed by atoms with van der Waals surface area (Å²) >= 11 is 0. The molecular formula is C11H21NO4. The number of rotatable bonds is 9. The molecule has 1 atom stereocenters. The van der Waals surface area contributed by atoms with Crippen molar-refractivity contribution in [2.45, 2.75) is 39.0 Å². The number of hydrogen-bond acceptors (Lipinski definition) is 3. The number of carbonyl (C=O) groups is 2. The second-order valence-corrected chi connectivity index (χ2v) is 4.04. The zero-order valence-electron chi connectivity index (χ0n) is 9.74. The first-order chi connectivity index (χ1) is 7.56. The Bertz CT molecular complexity index is 218. The third-order valence-corrected chi connectivity index (χ3v) is 2.21. The minimum Gasteiger partial charge on any atom is -0.481 e. The van der Waals surface area contributed by atoms with E-state index in [9.17, 15) is 9.59 Å². The third-order valence-electron chi connectivity index (χ3n) is 2.21. The highest BCUT2D eigenvalue weighted by Gasteiger charge is 2.11. The van der Waals surface area contributed by atoms with Gasteiger partial charge in [-0.25, -0.2) is 0 Å². The Labute approximate surface area is 95.9 Å². The molecule has 0 spiro atoms. The second-order valence-electron chi connectivity index (χ2n) is 4.04. The Kier molecular flexibility index (Phi) is 8.52. The van der Waals surface area contributed by atoms with Crippen molar-refractivity contribution in [1.29, 1.82) is 0 Å². The Hall–Kier alpha value is -1.10. The average molecular weight is 231 g/mol. The molecule has 0 fully saturated rings. The summed E-state index contributed by atoms with van der Waals surface area (Å²) in [5.74, 6) is -1.10. The molecule has 0 aromatic carbocycles. The van der Waals surface area contributed by atoms with Gasteiger partial charge >= 0.3 is 5.97 Å². The van der Waals surface area contributed by atoms with Crippen molar-refractivity contribution in [2.75, 3.05) is 13.2 Å². The van der Waals surface area contributed by atoms with E-state index in [1.165, 1.54) is 0 Å². The van der Waals surface area contributed by atoms with Crippen molar-refractivity contribution < 1.29 is 19.8 Å². The molecule has 0 aliphatic carbocycles. The Morgan fingerprint density at radius 2 is 1.88 bits per heavy atom. The van der Waals surface area contributed by atoms with Crippen LogP contribution in [0.2, 0.25) is 0 Å². The molecule has 94 valence electrons. The number of carboxylic acids is 1. The topological polar surface area (TPSA) is 86.6 Å². The molecule has 0 rings (SSSR count). The number of unbranched alkanes of at least 4 members (excludes halogenated alkanes) is 2. The largest absolute Gasteiger partial charge is 0.481 e. The van der Waals surface area contributed by atoms with Crippen LogP contribution in [0, 0.1) is 5.92 Å². The second kappa shape index (κ2) is 9.15. The van der Waals surface area contributed by atoms with Crippen LogP contribution in [-0.4, -0.2) is 35.2 Å². The van der Waals surface area contributed by atoms with E-state index in [-0.39, 0.29) is 31.3 Å². The van der Waals surface area contributed by atoms with Crippen LogP contribution in [-0.2, 0) is 9.59 Å². The van der Waals surface area contributed by atoms with Crippen LogP contribution >= 0.6 is 0 Å². The predicted octanol–water partition coefficient (Wildman–Crippen LogP) is 0.766. The molecule has 1 amide bonds. The number of nitrogens with one attached hydrogen (secondary N) is 1. The first kappa shape index (κ1) is 14.9. The number of aliphatic hydroxyl groups is 1. The first-order valence-corrected chi connectivity index (χ1v) is 5.65. The lowest BCUT2D eigenvalue weighted by Crippen LogP contribution is -2.26. The Balaban J connectivity index is 3.47. The van der Waals surface area contributed by atoms with Crippen LogP contribution in [0.4, 0.5) is 0 Å². The maximum Gasteiger partial charge on any atom is 0.303 e. The number of hydrogen-bond donors (Lipinski definition) is 3. The minimum atomic E-state index is -0.872. The molecule has 0 bridgehead atoms. The van der Waals surface area contributed by atoms with Gasteiger partial charge in [-0.15, -0.1) is 0 Å². The van der Waals surface area contributed by atoms with E-state index in [1.54, 1.807) is 6.92 Å². The fourth-order valence-corrected chi connectivity index (χ4v) is 1.40. The fourth-order valence-electron chi connectivity index (χ4n) is 1.40. The average Bonchev–Trinajstić information content (AvgIpc) is 2.15. The monoisotopic (exact) mass is 231 g/mol. The van der Waals surface area contributed by atoms with Gasteiger partial charge in [-0.1, -0.05) is 6.92 Å². The lowest BCUT2D eigenvalue weighted by atomic mass is 10.0. The maximum absolute atomic E-state index is 11.3. The molecule has 3 N–H and O–H groups in total. The fraction of sp³-hybridized carbons (Fsp3) is 0.818. The number of carboxylic acid groups (broad SMARTS) is 1. The highest BCUT2D eigenvalue weighted by molar-refractivity contribution is 5.77. The van der Waals surface area contributed by atoms with E-state index in [4.69, 9.17) is 10.2 Å². The van der Waals surface area contributed by atoms with E-state index >= 15 is 0 Å². The third kappa shape index (κ3) is 9.45. The van der Waals surface area contributed by atoms with Gasteiger partial charge in [0, 0.05) is 26.0 Å². The summed E-state index contributed by atoms with van der Waals surface area (Å²) in [5.41, 5.74) is 0. The van der Waals surface area contributed by atoms with Crippen LogP contribution in [0.5, 0.6) is 0 Å². The SMILES string of the molecule is CC(CC(=O)O)CC(=O)NCCCCCO. The quantitative estimate of drug-likeness (QED) is 0.511. The van der Waals surface area contributed by atoms with Crippen LogP contribution in [0.1, 0.15) is 39.0 Å². The molecule has 0 aliphatic heterocycles. The highest BCUT2D eigenvalue weighted by atomic mass is 16.4. The van der Waals surface area contributed by atoms with Gasteiger partial charge in [0.15, 0.2) is 0 Å². The smallest absolute Gasteiger partial charge is 0.303 e. The van der Waals surface area contributed by atoms with Gasteiger partial charge in [0.05, 0.1) is 0 Å². The van der Waals surface area contributed by atoms with E-state index in [0.29, 0.717) is 6.54 Å². The van der Waals surface area contributed by atoms with Gasteiger partial charge in [-0.2, -0.15) is 0 Å². The molecule has 16 heavy (non-hydrogen) atoms. The predicted molar refractivity (Wildman–Crippen MR) is 60.0 cm³/mol. The van der Waals surface area contributed by atoms with Gasteiger partial charge < -0.3 is 15.5 Å². The first-order valence-electron chi connectivity index (χ1n) is 5.65. The molecule has 0 aliphatic rings. The normalized spacial score (nSPS) is 12.1. The summed E-state index contributed by atoms with van der Waals surface area (Å²) in [5, 5.41) is 19.8. The Morgan fingerprint density at radius 3 is 2.44 bits per heavy atom. The lowest BCUT2D eigenvalue weighted by Gasteiger charge is -2.09. The zero-order valence-corrected chi connectivity index (χ0v) is 9.74. The zero-order chi connectivity index (χ0) is 12.4. The Morgan fingerprint density at radius 1 is 1.19 bits per heavy atom. The van der Waals surface area contributed by atoms with Gasteiger partial charge in [0.25, 0.3) is 0 Å². The molecule has 0 saturated carbocycles. The summed E-state index contributed by atoms with van der Waals surface area (Å²) in [4.78, 5) is 21.7. The maximum atomic E-state index is 11.3. The van der Waals surface area contributed by atoms with Gasteiger partial charge in [-0.3, -0.25) is 9.59 Å². The van der Waals surface area contributed by atoms with Crippen molar-refractivity contribution in [3.8, 4) is 0 Å². The van der Waals surface area contributed by atoms with Crippen molar-refractivity contribution in [1.82, 2.24) is 5.32 Å². The summed E-state index contributed by atoms with van der Waals surface area (Å²) in [6.45, 7) is 2.53. The summed E-state index contributed by atoms with van der Waals surface area (Å²) in [6.07, 6.45) is 2.77. The molecule has 0 aromatic rings. The number of aliphatic carboxylic acids is 1. The number of amides is 1. The molecule has 5 nitrogen and oxygen atoms in total. The van der Waals surface area contributed by atoms with Crippen LogP contribution in [0.3, 0.4) is 0 Å². The molecular weight excluding hydrogens is 210 g/mol. The molecule has 0 saturated heterocycles. The molecule has 5 heteroatoms. The standard InChI is InChI=1S/C11H21NO4/c1-9(8-11(15)16)7-10(14)12-5-3-2-4-6-13/h9,13H,2-8H2,1H3,(H,12,14)(H,15,16). The van der Waals surface area contributed by atoms with Gasteiger partial charge in [-0.05, 0) is 25.2 Å². The van der Waals surface area contributed by atoms with E-state index in [2.05, 4.69) is 5.32 Å². The summed E-state index contributed by atoms with van der Waals surface area (Å²) in [6, 6.07) is 0. The van der Waals surface area contributed by atoms with Crippen LogP contribution in [0.15, 0.2) is 0 Å². The van der Waals surface area contributed by atoms with Gasteiger partial charge in [0.2, 0.25) is 5.91 Å². The van der Waals surface area contributed by atoms with Crippen LogP contribution < -0.4 is 5.32 Å². The minimum absolute atomic E-state index is 0.0257. The van der Waals surface area contributed by atoms with Crippen molar-refractivity contribution >= 4 is 11.9 Å². The van der Waals surface area contributed by atoms with E-state index in [0.717, 1.165) is 19.3 Å². The van der Waals surface area contributed by atoms with Crippen molar-refractivity contribution in [2.24, 2.45) is 5.92 Å². The van der Waals surface area contributed by atoms with Crippen molar-refractivity contribution in [3.63, 3.8) is 0 Å². The van der Waals surface area contributed by atoms with E-state index < -0.39 is 5.97 Å². The van der Waals surface area contributed by atoms with Gasteiger partial charge in [0.1, 0.15) is 0 Å². The van der Waals surface area contributed by atoms with Crippen molar-refractivity contribution in [3.05, 3.63) is 0 Å². The molecule has 1 unspecified atom stereocenters. The molecule has 0 aromatic heterocycles. The molecule has 0 heterocycles. The number of carbonyl (C=O) groups excluding carboxylic acids is 1.